The molecule has 0 radical (unpaired) electrons. The summed E-state index contributed by atoms with van der Waals surface area (Å²) in [7, 11) is 0. The Morgan fingerprint density at radius 1 is 0.850 bits per heavy atom. The Balaban J connectivity index is 5.23. The van der Waals surface area contributed by atoms with Gasteiger partial charge in [0.1, 0.15) is 0 Å². The van der Waals surface area contributed by atoms with Crippen molar-refractivity contribution in [2.75, 3.05) is 0 Å². The maximum absolute atomic E-state index is 12.7. The van der Waals surface area contributed by atoms with Crippen molar-refractivity contribution >= 4 is 11.6 Å². The van der Waals surface area contributed by atoms with Crippen LogP contribution in [0.15, 0.2) is 0 Å². The van der Waals surface area contributed by atoms with Gasteiger partial charge in [0.05, 0.1) is 0 Å². The summed E-state index contributed by atoms with van der Waals surface area (Å²) in [5, 5.41) is 2.39. The summed E-state index contributed by atoms with van der Waals surface area (Å²) in [4.78, 5) is 0. The Kier molecular flexibility index (Phi) is 5.54. The second-order valence-corrected chi connectivity index (χ2v) is 3.52. The molecule has 122 valence electrons. The van der Waals surface area contributed by atoms with E-state index in [1.165, 1.54) is 0 Å². The molecular weight excluding hydrogens is 345 g/mol. The van der Waals surface area contributed by atoms with E-state index in [0.29, 0.717) is 0 Å². The zero-order valence-electron chi connectivity index (χ0n) is 8.58. The van der Waals surface area contributed by atoms with E-state index in [1.807, 2.05) is 0 Å². The van der Waals surface area contributed by atoms with Crippen molar-refractivity contribution in [2.45, 2.75) is 36.4 Å². The first-order chi connectivity index (χ1) is 8.51. The van der Waals surface area contributed by atoms with Crippen LogP contribution in [0, 0.1) is 0 Å². The third-order valence-corrected chi connectivity index (χ3v) is 1.71. The van der Waals surface area contributed by atoms with Gasteiger partial charge in [-0.1, -0.05) is 0 Å². The Labute approximate surface area is 108 Å². The summed E-state index contributed by atoms with van der Waals surface area (Å²) < 4.78 is 126. The van der Waals surface area contributed by atoms with E-state index < -0.39 is 36.4 Å². The van der Waals surface area contributed by atoms with Crippen LogP contribution < -0.4 is 0 Å². The van der Waals surface area contributed by atoms with E-state index in [9.17, 15) is 43.9 Å². The molecule has 1 N–H and O–H groups in total. The molecule has 0 saturated heterocycles. The van der Waals surface area contributed by atoms with E-state index in [-0.39, 0.29) is 0 Å². The number of halogens is 11. The molecule has 0 rings (SSSR count). The molecule has 2 atom stereocenters. The van der Waals surface area contributed by atoms with Crippen molar-refractivity contribution in [1.82, 2.24) is 0 Å². The van der Waals surface area contributed by atoms with Gasteiger partial charge < -0.3 is 5.11 Å². The van der Waals surface area contributed by atoms with Crippen molar-refractivity contribution in [3.63, 3.8) is 0 Å². The summed E-state index contributed by atoms with van der Waals surface area (Å²) >= 11 is 4.02. The van der Waals surface area contributed by atoms with Crippen LogP contribution in [0.1, 0.15) is 0 Å². The molecular formula is C6H3ClF10O3. The van der Waals surface area contributed by atoms with Crippen molar-refractivity contribution in [1.29, 1.82) is 0 Å². The summed E-state index contributed by atoms with van der Waals surface area (Å²) in [5.41, 5.74) is 0. The van der Waals surface area contributed by atoms with E-state index in [2.05, 4.69) is 21.1 Å². The van der Waals surface area contributed by atoms with Crippen LogP contribution in [0.4, 0.5) is 43.9 Å². The highest BCUT2D eigenvalue weighted by atomic mass is 35.5. The standard InChI is InChI=1S/C6H3ClF10O3/c7-5(15,6(16,17)18)20-2(3(10,11)12)19-4(13,14)1(8)9/h1-2,18H. The highest BCUT2D eigenvalue weighted by molar-refractivity contribution is 6.22. The molecule has 0 bridgehead atoms. The van der Waals surface area contributed by atoms with Crippen LogP contribution in [-0.4, -0.2) is 41.5 Å². The fourth-order valence-corrected chi connectivity index (χ4v) is 0.638. The van der Waals surface area contributed by atoms with E-state index in [0.717, 1.165) is 0 Å². The summed E-state index contributed by atoms with van der Waals surface area (Å²) in [6, 6.07) is 0. The minimum atomic E-state index is -6.14. The largest absolute Gasteiger partial charge is 0.440 e. The van der Waals surface area contributed by atoms with Crippen LogP contribution in [0.2, 0.25) is 0 Å². The lowest BCUT2D eigenvalue weighted by molar-refractivity contribution is -0.451. The molecule has 0 aliphatic heterocycles. The first-order valence-corrected chi connectivity index (χ1v) is 4.45. The summed E-state index contributed by atoms with van der Waals surface area (Å²) in [5.74, 6) is 0. The molecule has 20 heavy (non-hydrogen) atoms. The molecule has 0 heterocycles. The second-order valence-electron chi connectivity index (χ2n) is 3.03. The smallest absolute Gasteiger partial charge is 0.331 e. The predicted molar refractivity (Wildman–Crippen MR) is 39.8 cm³/mol. The molecule has 0 aliphatic rings. The highest BCUT2D eigenvalue weighted by Gasteiger charge is 2.62. The highest BCUT2D eigenvalue weighted by Crippen LogP contribution is 2.41. The number of aliphatic hydroxyl groups is 1. The number of alkyl halides is 11. The third kappa shape index (κ3) is 5.10. The van der Waals surface area contributed by atoms with Gasteiger partial charge in [-0.15, -0.1) is 0 Å². The van der Waals surface area contributed by atoms with E-state index in [1.54, 1.807) is 0 Å². The molecule has 0 amide bonds. The Bertz CT molecular complexity index is 324. The first kappa shape index (κ1) is 19.5. The molecule has 2 unspecified atom stereocenters. The van der Waals surface area contributed by atoms with Gasteiger partial charge in [-0.05, 0) is 11.6 Å². The monoisotopic (exact) mass is 348 g/mol. The molecule has 14 heteroatoms. The Hall–Kier alpha value is -0.530. The zero-order chi connectivity index (χ0) is 16.6. The Morgan fingerprint density at radius 3 is 1.50 bits per heavy atom. The quantitative estimate of drug-likeness (QED) is 0.455. The van der Waals surface area contributed by atoms with Crippen LogP contribution >= 0.6 is 11.6 Å². The van der Waals surface area contributed by atoms with E-state index >= 15 is 0 Å². The van der Waals surface area contributed by atoms with Crippen molar-refractivity contribution in [3.8, 4) is 0 Å². The maximum Gasteiger partial charge on any atom is 0.440 e. The normalized spacial score (nSPS) is 19.1. The van der Waals surface area contributed by atoms with Gasteiger partial charge >= 0.3 is 30.1 Å². The van der Waals surface area contributed by atoms with Gasteiger partial charge in [-0.25, -0.2) is 8.78 Å². The van der Waals surface area contributed by atoms with Crippen molar-refractivity contribution < 1.29 is 58.5 Å². The molecule has 0 aromatic carbocycles. The topological polar surface area (TPSA) is 38.7 Å². The molecule has 0 saturated carbocycles. The van der Waals surface area contributed by atoms with Gasteiger partial charge in [0.15, 0.2) is 0 Å². The molecule has 0 fully saturated rings. The SMILES string of the molecule is OC(F)(F)C(F)(Cl)OC(OC(F)(F)C(F)F)C(F)(F)F. The minimum Gasteiger partial charge on any atom is -0.331 e. The van der Waals surface area contributed by atoms with Crippen LogP contribution in [0.3, 0.4) is 0 Å². The maximum atomic E-state index is 12.7. The molecule has 0 aromatic heterocycles. The fraction of sp³-hybridized carbons (Fsp3) is 1.00. The summed E-state index contributed by atoms with van der Waals surface area (Å²) in [6.07, 6.45) is -27.1. The lowest BCUT2D eigenvalue weighted by atomic mass is 10.5. The zero-order valence-corrected chi connectivity index (χ0v) is 9.33. The molecule has 0 spiro atoms. The van der Waals surface area contributed by atoms with Crippen molar-refractivity contribution in [3.05, 3.63) is 0 Å². The summed E-state index contributed by atoms with van der Waals surface area (Å²) in [6.45, 7) is 0. The number of ether oxygens (including phenoxy) is 2. The van der Waals surface area contributed by atoms with Crippen LogP contribution in [0.25, 0.3) is 0 Å². The number of hydrogen-bond donors (Lipinski definition) is 1. The first-order valence-electron chi connectivity index (χ1n) is 4.07. The van der Waals surface area contributed by atoms with Crippen molar-refractivity contribution in [2.24, 2.45) is 0 Å². The van der Waals surface area contributed by atoms with E-state index in [4.69, 9.17) is 5.11 Å². The fourth-order valence-electron chi connectivity index (χ4n) is 0.557. The average Bonchev–Trinajstić information content (AvgIpc) is 2.11. The van der Waals surface area contributed by atoms with Gasteiger partial charge in [-0.3, -0.25) is 9.47 Å². The van der Waals surface area contributed by atoms with Gasteiger partial charge in [0.2, 0.25) is 0 Å². The molecule has 3 nitrogen and oxygen atoms in total. The Morgan fingerprint density at radius 2 is 1.25 bits per heavy atom. The number of hydrogen-bond acceptors (Lipinski definition) is 3. The third-order valence-electron chi connectivity index (χ3n) is 1.39. The lowest BCUT2D eigenvalue weighted by Crippen LogP contribution is -2.51. The average molecular weight is 349 g/mol. The predicted octanol–water partition coefficient (Wildman–Crippen LogP) is 3.21. The van der Waals surface area contributed by atoms with Crippen LogP contribution in [0.5, 0.6) is 0 Å². The second kappa shape index (κ2) is 5.69. The van der Waals surface area contributed by atoms with Crippen LogP contribution in [-0.2, 0) is 9.47 Å². The van der Waals surface area contributed by atoms with Gasteiger partial charge in [0, 0.05) is 0 Å². The molecule has 0 aromatic rings. The molecule has 0 aliphatic carbocycles. The number of rotatable bonds is 6. The lowest BCUT2D eigenvalue weighted by Gasteiger charge is -2.30. The van der Waals surface area contributed by atoms with Gasteiger partial charge in [0.25, 0.3) is 6.29 Å². The van der Waals surface area contributed by atoms with Gasteiger partial charge in [-0.2, -0.15) is 35.1 Å². The minimum absolute atomic E-state index is 2.40.